The number of benzene rings is 2. The predicted octanol–water partition coefficient (Wildman–Crippen LogP) is 4.07. The molecule has 0 spiro atoms. The van der Waals surface area contributed by atoms with Crippen LogP contribution in [0.15, 0.2) is 76.2 Å². The number of aryl methyl sites for hydroxylation is 1. The minimum absolute atomic E-state index is 0.0480. The largest absolute Gasteiger partial charge is 0.468 e. The van der Waals surface area contributed by atoms with Crippen LogP contribution < -0.4 is 5.32 Å². The maximum absolute atomic E-state index is 13.1. The second-order valence-corrected chi connectivity index (χ2v) is 8.60. The number of nitrogens with one attached hydrogen (secondary N) is 1. The average molecular weight is 419 g/mol. The number of carbonyl (C=O) groups is 1. The lowest BCUT2D eigenvalue weighted by molar-refractivity contribution is -0.116. The van der Waals surface area contributed by atoms with Crippen LogP contribution in [0.5, 0.6) is 0 Å². The summed E-state index contributed by atoms with van der Waals surface area (Å²) in [6.45, 7) is 1.47. The van der Waals surface area contributed by atoms with E-state index in [1.807, 2.05) is 25.1 Å². The zero-order valence-corrected chi connectivity index (χ0v) is 16.7. The van der Waals surface area contributed by atoms with Crippen LogP contribution in [-0.2, 0) is 21.4 Å². The molecule has 0 saturated carbocycles. The van der Waals surface area contributed by atoms with Gasteiger partial charge in [-0.1, -0.05) is 23.7 Å². The number of halogens is 1. The normalized spacial score (nSPS) is 11.5. The van der Waals surface area contributed by atoms with Crippen molar-refractivity contribution >= 4 is 33.2 Å². The SMILES string of the molecule is Cc1cccc(NC(=O)CN(Cc2ccco2)S(=O)(=O)c2ccc(Cl)cc2)c1. The zero-order valence-electron chi connectivity index (χ0n) is 15.1. The van der Waals surface area contributed by atoms with Crippen molar-refractivity contribution in [2.75, 3.05) is 11.9 Å². The molecule has 3 rings (SSSR count). The number of nitrogens with zero attached hydrogens (tertiary/aromatic N) is 1. The first-order valence-electron chi connectivity index (χ1n) is 8.49. The van der Waals surface area contributed by atoms with E-state index >= 15 is 0 Å². The molecule has 1 aromatic heterocycles. The molecule has 0 unspecified atom stereocenters. The van der Waals surface area contributed by atoms with Crippen molar-refractivity contribution in [3.05, 3.63) is 83.3 Å². The maximum Gasteiger partial charge on any atom is 0.243 e. The Hall–Kier alpha value is -2.61. The summed E-state index contributed by atoms with van der Waals surface area (Å²) in [5.41, 5.74) is 1.59. The van der Waals surface area contributed by atoms with Crippen LogP contribution >= 0.6 is 11.6 Å². The highest BCUT2D eigenvalue weighted by atomic mass is 35.5. The van der Waals surface area contributed by atoms with E-state index in [1.165, 1.54) is 30.5 Å². The summed E-state index contributed by atoms with van der Waals surface area (Å²) in [6, 6.07) is 16.4. The number of rotatable bonds is 7. The second kappa shape index (κ2) is 8.60. The second-order valence-electron chi connectivity index (χ2n) is 6.22. The molecule has 0 aliphatic rings. The van der Waals surface area contributed by atoms with Gasteiger partial charge in [0.05, 0.1) is 24.2 Å². The first kappa shape index (κ1) is 20.1. The molecule has 0 radical (unpaired) electrons. The van der Waals surface area contributed by atoms with Gasteiger partial charge in [-0.2, -0.15) is 4.31 Å². The highest BCUT2D eigenvalue weighted by Crippen LogP contribution is 2.21. The fraction of sp³-hybridized carbons (Fsp3) is 0.150. The average Bonchev–Trinajstić information content (AvgIpc) is 3.14. The summed E-state index contributed by atoms with van der Waals surface area (Å²) < 4.78 is 32.5. The lowest BCUT2D eigenvalue weighted by Crippen LogP contribution is -2.37. The Balaban J connectivity index is 1.84. The lowest BCUT2D eigenvalue weighted by Gasteiger charge is -2.21. The van der Waals surface area contributed by atoms with E-state index in [1.54, 1.807) is 18.2 Å². The topological polar surface area (TPSA) is 79.6 Å². The number of hydrogen-bond donors (Lipinski definition) is 1. The number of anilines is 1. The monoisotopic (exact) mass is 418 g/mol. The highest BCUT2D eigenvalue weighted by molar-refractivity contribution is 7.89. The van der Waals surface area contributed by atoms with E-state index in [0.717, 1.165) is 9.87 Å². The molecule has 0 aliphatic carbocycles. The molecule has 8 heteroatoms. The van der Waals surface area contributed by atoms with Gasteiger partial charge >= 0.3 is 0 Å². The Morgan fingerprint density at radius 3 is 2.50 bits per heavy atom. The molecule has 2 aromatic carbocycles. The molecule has 3 aromatic rings. The van der Waals surface area contributed by atoms with Gasteiger partial charge in [0, 0.05) is 10.7 Å². The summed E-state index contributed by atoms with van der Waals surface area (Å²) in [5, 5.41) is 3.15. The molecule has 1 heterocycles. The van der Waals surface area contributed by atoms with E-state index in [0.29, 0.717) is 16.5 Å². The predicted molar refractivity (Wildman–Crippen MR) is 108 cm³/mol. The van der Waals surface area contributed by atoms with E-state index in [9.17, 15) is 13.2 Å². The standard InChI is InChI=1S/C20H19ClN2O4S/c1-15-4-2-5-17(12-15)22-20(24)14-23(13-18-6-3-11-27-18)28(25,26)19-9-7-16(21)8-10-19/h2-12H,13-14H2,1H3,(H,22,24). The first-order chi connectivity index (χ1) is 13.3. The van der Waals surface area contributed by atoms with Crippen molar-refractivity contribution < 1.29 is 17.6 Å². The molecule has 1 amide bonds. The van der Waals surface area contributed by atoms with Crippen molar-refractivity contribution in [2.24, 2.45) is 0 Å². The molecule has 0 bridgehead atoms. The smallest absolute Gasteiger partial charge is 0.243 e. The molecule has 146 valence electrons. The van der Waals surface area contributed by atoms with Gasteiger partial charge in [0.15, 0.2) is 0 Å². The van der Waals surface area contributed by atoms with E-state index in [4.69, 9.17) is 16.0 Å². The van der Waals surface area contributed by atoms with Crippen LogP contribution in [0.2, 0.25) is 5.02 Å². The Kier molecular flexibility index (Phi) is 6.18. The van der Waals surface area contributed by atoms with Crippen LogP contribution in [0, 0.1) is 6.92 Å². The third kappa shape index (κ3) is 5.01. The summed E-state index contributed by atoms with van der Waals surface area (Å²) in [5.74, 6) is -0.0180. The molecule has 28 heavy (non-hydrogen) atoms. The summed E-state index contributed by atoms with van der Waals surface area (Å²) >= 11 is 5.86. The van der Waals surface area contributed by atoms with Gasteiger partial charge in [-0.15, -0.1) is 0 Å². The minimum atomic E-state index is -3.94. The third-order valence-corrected chi connectivity index (χ3v) is 6.04. The van der Waals surface area contributed by atoms with Crippen molar-refractivity contribution in [2.45, 2.75) is 18.4 Å². The Bertz CT molecular complexity index is 1050. The van der Waals surface area contributed by atoms with E-state index in [-0.39, 0.29) is 18.0 Å². The van der Waals surface area contributed by atoms with Crippen LogP contribution in [0.4, 0.5) is 5.69 Å². The molecule has 0 fully saturated rings. The lowest BCUT2D eigenvalue weighted by atomic mass is 10.2. The van der Waals surface area contributed by atoms with Gasteiger partial charge in [-0.05, 0) is 61.0 Å². The minimum Gasteiger partial charge on any atom is -0.468 e. The van der Waals surface area contributed by atoms with Crippen LogP contribution in [-0.4, -0.2) is 25.2 Å². The number of amides is 1. The fourth-order valence-corrected chi connectivity index (χ4v) is 4.13. The van der Waals surface area contributed by atoms with E-state index in [2.05, 4.69) is 5.32 Å². The van der Waals surface area contributed by atoms with Crippen LogP contribution in [0.1, 0.15) is 11.3 Å². The molecule has 6 nitrogen and oxygen atoms in total. The van der Waals surface area contributed by atoms with Crippen LogP contribution in [0.3, 0.4) is 0 Å². The van der Waals surface area contributed by atoms with E-state index < -0.39 is 15.9 Å². The Morgan fingerprint density at radius 1 is 1.11 bits per heavy atom. The molecule has 0 saturated heterocycles. The number of hydrogen-bond acceptors (Lipinski definition) is 4. The van der Waals surface area contributed by atoms with Crippen molar-refractivity contribution in [3.8, 4) is 0 Å². The molecule has 0 aliphatic heterocycles. The van der Waals surface area contributed by atoms with Gasteiger partial charge in [0.1, 0.15) is 5.76 Å². The van der Waals surface area contributed by atoms with Crippen molar-refractivity contribution in [1.82, 2.24) is 4.31 Å². The van der Waals surface area contributed by atoms with Gasteiger partial charge in [0.2, 0.25) is 15.9 Å². The zero-order chi connectivity index (χ0) is 20.1. The number of furan rings is 1. The Morgan fingerprint density at radius 2 is 1.86 bits per heavy atom. The third-order valence-electron chi connectivity index (χ3n) is 3.99. The van der Waals surface area contributed by atoms with Gasteiger partial charge in [-0.25, -0.2) is 8.42 Å². The van der Waals surface area contributed by atoms with Crippen LogP contribution in [0.25, 0.3) is 0 Å². The van der Waals surface area contributed by atoms with Gasteiger partial charge in [0.25, 0.3) is 0 Å². The summed E-state index contributed by atoms with van der Waals surface area (Å²) in [6.07, 6.45) is 1.45. The van der Waals surface area contributed by atoms with Crippen molar-refractivity contribution in [3.63, 3.8) is 0 Å². The highest BCUT2D eigenvalue weighted by Gasteiger charge is 2.27. The maximum atomic E-state index is 13.1. The van der Waals surface area contributed by atoms with Crippen molar-refractivity contribution in [1.29, 1.82) is 0 Å². The molecular weight excluding hydrogens is 400 g/mol. The first-order valence-corrected chi connectivity index (χ1v) is 10.3. The summed E-state index contributed by atoms with van der Waals surface area (Å²) in [7, 11) is -3.94. The summed E-state index contributed by atoms with van der Waals surface area (Å²) in [4.78, 5) is 12.6. The van der Waals surface area contributed by atoms with Gasteiger partial charge < -0.3 is 9.73 Å². The number of sulfonamides is 1. The van der Waals surface area contributed by atoms with Gasteiger partial charge in [-0.3, -0.25) is 4.79 Å². The molecule has 1 N–H and O–H groups in total. The quantitative estimate of drug-likeness (QED) is 0.627. The fourth-order valence-electron chi connectivity index (χ4n) is 2.64. The molecular formula is C20H19ClN2O4S. The Labute approximate surface area is 168 Å². The molecule has 0 atom stereocenters. The number of carbonyl (C=O) groups excluding carboxylic acids is 1.